The lowest BCUT2D eigenvalue weighted by Gasteiger charge is -2.18. The number of ether oxygens (including phenoxy) is 3. The van der Waals surface area contributed by atoms with E-state index in [1.54, 1.807) is 26.0 Å². The molecule has 23 heavy (non-hydrogen) atoms. The summed E-state index contributed by atoms with van der Waals surface area (Å²) in [6.45, 7) is 0. The van der Waals surface area contributed by atoms with E-state index in [0.29, 0.717) is 0 Å². The predicted molar refractivity (Wildman–Crippen MR) is 89.3 cm³/mol. The molecule has 0 spiro atoms. The molecule has 2 unspecified atom stereocenters. The van der Waals surface area contributed by atoms with Crippen LogP contribution in [-0.2, 0) is 9.53 Å². The Morgan fingerprint density at radius 2 is 1.61 bits per heavy atom. The Labute approximate surface area is 139 Å². The van der Waals surface area contributed by atoms with Gasteiger partial charge in [0.05, 0.1) is 32.5 Å². The Morgan fingerprint density at radius 1 is 0.957 bits per heavy atom. The van der Waals surface area contributed by atoms with Crippen molar-refractivity contribution in [3.05, 3.63) is 53.6 Å². The van der Waals surface area contributed by atoms with Crippen molar-refractivity contribution in [2.75, 3.05) is 21.3 Å². The number of hydrogen-bond acceptors (Lipinski definition) is 5. The van der Waals surface area contributed by atoms with E-state index in [9.17, 15) is 4.79 Å². The van der Waals surface area contributed by atoms with Crippen LogP contribution in [0.4, 0.5) is 0 Å². The van der Waals surface area contributed by atoms with E-state index in [2.05, 4.69) is 0 Å². The average Bonchev–Trinajstić information content (AvgIpc) is 2.99. The van der Waals surface area contributed by atoms with Crippen molar-refractivity contribution < 1.29 is 19.0 Å². The molecule has 0 aromatic heterocycles. The van der Waals surface area contributed by atoms with Gasteiger partial charge in [0.25, 0.3) is 0 Å². The lowest BCUT2D eigenvalue weighted by molar-refractivity contribution is -0.142. The van der Waals surface area contributed by atoms with Gasteiger partial charge in [-0.3, -0.25) is 4.79 Å². The van der Waals surface area contributed by atoms with E-state index in [-0.39, 0.29) is 17.1 Å². The fourth-order valence-corrected chi connectivity index (χ4v) is 4.28. The molecule has 0 N–H and O–H groups in total. The van der Waals surface area contributed by atoms with Gasteiger partial charge in [0.2, 0.25) is 0 Å². The Balaban J connectivity index is 2.00. The predicted octanol–water partition coefficient (Wildman–Crippen LogP) is 3.81. The minimum absolute atomic E-state index is 0.0181. The zero-order valence-electron chi connectivity index (χ0n) is 13.2. The van der Waals surface area contributed by atoms with Crippen LogP contribution in [0.25, 0.3) is 0 Å². The molecule has 2 atom stereocenters. The Morgan fingerprint density at radius 3 is 2.22 bits per heavy atom. The van der Waals surface area contributed by atoms with Crippen LogP contribution in [0.15, 0.2) is 47.4 Å². The molecule has 0 fully saturated rings. The third-order valence-electron chi connectivity index (χ3n) is 4.01. The van der Waals surface area contributed by atoms with Gasteiger partial charge < -0.3 is 14.2 Å². The number of carbonyl (C=O) groups excluding carboxylic acids is 1. The molecule has 0 saturated carbocycles. The van der Waals surface area contributed by atoms with Crippen molar-refractivity contribution in [2.45, 2.75) is 16.1 Å². The molecule has 0 aliphatic carbocycles. The van der Waals surface area contributed by atoms with Crippen LogP contribution in [-0.4, -0.2) is 27.3 Å². The van der Waals surface area contributed by atoms with Gasteiger partial charge in [-0.1, -0.05) is 18.2 Å². The first-order chi connectivity index (χ1) is 11.2. The average molecular weight is 330 g/mol. The summed E-state index contributed by atoms with van der Waals surface area (Å²) in [6.07, 6.45) is 0. The Hall–Kier alpha value is -2.14. The third-order valence-corrected chi connectivity index (χ3v) is 5.42. The summed E-state index contributed by atoms with van der Waals surface area (Å²) >= 11 is 1.66. The maximum Gasteiger partial charge on any atom is 0.314 e. The van der Waals surface area contributed by atoms with Gasteiger partial charge in [0.15, 0.2) is 0 Å². The smallest absolute Gasteiger partial charge is 0.314 e. The maximum absolute atomic E-state index is 12.3. The number of fused-ring (bicyclic) bond motifs is 1. The topological polar surface area (TPSA) is 44.8 Å². The van der Waals surface area contributed by atoms with Crippen LogP contribution in [0.2, 0.25) is 0 Å². The molecule has 0 radical (unpaired) electrons. The maximum atomic E-state index is 12.3. The van der Waals surface area contributed by atoms with Crippen LogP contribution >= 0.6 is 11.8 Å². The van der Waals surface area contributed by atoms with E-state index < -0.39 is 0 Å². The van der Waals surface area contributed by atoms with Gasteiger partial charge >= 0.3 is 5.97 Å². The monoisotopic (exact) mass is 330 g/mol. The number of hydrogen-bond donors (Lipinski definition) is 0. The van der Waals surface area contributed by atoms with E-state index in [0.717, 1.165) is 27.5 Å². The van der Waals surface area contributed by atoms with E-state index in [1.807, 2.05) is 42.5 Å². The summed E-state index contributed by atoms with van der Waals surface area (Å²) in [5.41, 5.74) is 2.06. The molecular weight excluding hydrogens is 312 g/mol. The highest BCUT2D eigenvalue weighted by Crippen LogP contribution is 2.55. The fourth-order valence-electron chi connectivity index (χ4n) is 2.80. The van der Waals surface area contributed by atoms with Gasteiger partial charge in [-0.05, 0) is 35.4 Å². The molecule has 0 saturated heterocycles. The van der Waals surface area contributed by atoms with Crippen molar-refractivity contribution in [1.29, 1.82) is 0 Å². The second-order valence-electron chi connectivity index (χ2n) is 5.22. The van der Waals surface area contributed by atoms with Gasteiger partial charge in [-0.15, -0.1) is 11.8 Å². The highest BCUT2D eigenvalue weighted by atomic mass is 32.2. The first-order valence-electron chi connectivity index (χ1n) is 7.24. The Kier molecular flexibility index (Phi) is 4.48. The standard InChI is InChI=1S/C18H18O4S/c1-20-12-6-4-11(5-7-12)17-16(18(19)22-3)14-9-8-13(21-2)10-15(14)23-17/h4-10,16-17H,1-3H3. The number of carbonyl (C=O) groups is 1. The minimum atomic E-state index is -0.320. The SMILES string of the molecule is COC(=O)C1c2ccc(OC)cc2SC1c1ccc(OC)cc1. The number of methoxy groups -OCH3 is 3. The highest BCUT2D eigenvalue weighted by Gasteiger charge is 2.40. The second kappa shape index (κ2) is 6.54. The van der Waals surface area contributed by atoms with Gasteiger partial charge in [-0.25, -0.2) is 0 Å². The van der Waals surface area contributed by atoms with Crippen molar-refractivity contribution in [1.82, 2.24) is 0 Å². The molecule has 4 nitrogen and oxygen atoms in total. The summed E-state index contributed by atoms with van der Waals surface area (Å²) in [5, 5.41) is -0.0181. The number of benzene rings is 2. The lowest BCUT2D eigenvalue weighted by atomic mass is 9.92. The van der Waals surface area contributed by atoms with Gasteiger partial charge in [-0.2, -0.15) is 0 Å². The lowest BCUT2D eigenvalue weighted by Crippen LogP contribution is -2.16. The zero-order valence-corrected chi connectivity index (χ0v) is 14.1. The van der Waals surface area contributed by atoms with Crippen LogP contribution in [0, 0.1) is 0 Å². The zero-order chi connectivity index (χ0) is 16.4. The molecule has 1 aliphatic heterocycles. The number of esters is 1. The molecule has 0 amide bonds. The normalized spacial score (nSPS) is 19.1. The molecule has 2 aromatic carbocycles. The number of rotatable bonds is 4. The minimum Gasteiger partial charge on any atom is -0.497 e. The molecule has 0 bridgehead atoms. The largest absolute Gasteiger partial charge is 0.497 e. The van der Waals surface area contributed by atoms with Crippen LogP contribution in [0.3, 0.4) is 0 Å². The fraction of sp³-hybridized carbons (Fsp3) is 0.278. The van der Waals surface area contributed by atoms with Crippen molar-refractivity contribution >= 4 is 17.7 Å². The molecule has 1 aliphatic rings. The van der Waals surface area contributed by atoms with Crippen LogP contribution < -0.4 is 9.47 Å². The van der Waals surface area contributed by atoms with Gasteiger partial charge in [0.1, 0.15) is 11.5 Å². The molecule has 5 heteroatoms. The molecule has 120 valence electrons. The summed E-state index contributed by atoms with van der Waals surface area (Å²) in [7, 11) is 4.71. The summed E-state index contributed by atoms with van der Waals surface area (Å²) < 4.78 is 15.5. The first-order valence-corrected chi connectivity index (χ1v) is 8.12. The van der Waals surface area contributed by atoms with Crippen molar-refractivity contribution in [3.63, 3.8) is 0 Å². The summed E-state index contributed by atoms with van der Waals surface area (Å²) in [4.78, 5) is 13.4. The highest BCUT2D eigenvalue weighted by molar-refractivity contribution is 8.00. The molecule has 3 rings (SSSR count). The first kappa shape index (κ1) is 15.7. The molecular formula is C18H18O4S. The third kappa shape index (κ3) is 2.88. The van der Waals surface area contributed by atoms with E-state index >= 15 is 0 Å². The second-order valence-corrected chi connectivity index (χ2v) is 6.40. The summed E-state index contributed by atoms with van der Waals surface area (Å²) in [6, 6.07) is 13.6. The van der Waals surface area contributed by atoms with Crippen LogP contribution in [0.5, 0.6) is 11.5 Å². The summed E-state index contributed by atoms with van der Waals surface area (Å²) in [5.74, 6) is 1.04. The van der Waals surface area contributed by atoms with Gasteiger partial charge in [0, 0.05) is 4.90 Å². The Bertz CT molecular complexity index is 711. The van der Waals surface area contributed by atoms with Crippen molar-refractivity contribution in [3.8, 4) is 11.5 Å². The number of thioether (sulfide) groups is 1. The quantitative estimate of drug-likeness (QED) is 0.798. The van der Waals surface area contributed by atoms with Crippen molar-refractivity contribution in [2.24, 2.45) is 0 Å². The molecule has 2 aromatic rings. The van der Waals surface area contributed by atoms with Crippen LogP contribution in [0.1, 0.15) is 22.3 Å². The molecule has 1 heterocycles. The van der Waals surface area contributed by atoms with E-state index in [1.165, 1.54) is 7.11 Å². The van der Waals surface area contributed by atoms with E-state index in [4.69, 9.17) is 14.2 Å².